The molecule has 2 heterocycles. The van der Waals surface area contributed by atoms with Crippen molar-refractivity contribution in [2.24, 2.45) is 7.05 Å². The lowest BCUT2D eigenvalue weighted by Crippen LogP contribution is -2.55. The molecule has 38 heavy (non-hydrogen) atoms. The number of nitrogens with one attached hydrogen (secondary N) is 2. The number of benzene rings is 1. The molecule has 204 valence electrons. The average Bonchev–Trinajstić information content (AvgIpc) is 3.46. The van der Waals surface area contributed by atoms with Gasteiger partial charge in [-0.25, -0.2) is 4.79 Å². The highest BCUT2D eigenvalue weighted by atomic mass is 19.4. The Labute approximate surface area is 218 Å². The Bertz CT molecular complexity index is 1260. The molecule has 1 saturated carbocycles. The third kappa shape index (κ3) is 7.36. The number of alkyl carbamates (subject to hydrolysis) is 1. The minimum absolute atomic E-state index is 0.0265. The van der Waals surface area contributed by atoms with Crippen LogP contribution in [0.15, 0.2) is 48.8 Å². The Kier molecular flexibility index (Phi) is 7.79. The predicted molar refractivity (Wildman–Crippen MR) is 132 cm³/mol. The zero-order valence-electron chi connectivity index (χ0n) is 21.5. The van der Waals surface area contributed by atoms with Gasteiger partial charge in [-0.15, -0.1) is 0 Å². The zero-order valence-corrected chi connectivity index (χ0v) is 21.5. The molecule has 1 aliphatic carbocycles. The van der Waals surface area contributed by atoms with E-state index in [2.05, 4.69) is 20.8 Å². The number of alkyl halides is 3. The van der Waals surface area contributed by atoms with Gasteiger partial charge in [0.25, 0.3) is 0 Å². The number of halogens is 3. The van der Waals surface area contributed by atoms with Gasteiger partial charge in [-0.2, -0.15) is 23.4 Å². The van der Waals surface area contributed by atoms with Crippen molar-refractivity contribution in [1.29, 1.82) is 0 Å². The van der Waals surface area contributed by atoms with Gasteiger partial charge in [0.15, 0.2) is 5.69 Å². The summed E-state index contributed by atoms with van der Waals surface area (Å²) in [7, 11) is 1.74. The third-order valence-electron chi connectivity index (χ3n) is 6.12. The number of carbonyl (C=O) groups is 2. The molecule has 0 radical (unpaired) electrons. The van der Waals surface area contributed by atoms with E-state index in [1.165, 1.54) is 4.68 Å². The SMILES string of the molecule is Cn1cc(C[C@@H](NC(=O)OCc2ccccc2)C(=O)NC(C)(C)Cn2nc(C(F)(F)F)cc2C2CC2)cn1. The zero-order chi connectivity index (χ0) is 27.5. The van der Waals surface area contributed by atoms with Crippen molar-refractivity contribution < 1.29 is 27.5 Å². The molecule has 0 unspecified atom stereocenters. The van der Waals surface area contributed by atoms with Crippen LogP contribution in [0, 0.1) is 0 Å². The van der Waals surface area contributed by atoms with E-state index in [1.54, 1.807) is 38.0 Å². The number of nitrogens with zero attached hydrogens (tertiary/aromatic N) is 4. The van der Waals surface area contributed by atoms with Gasteiger partial charge in [-0.05, 0) is 43.9 Å². The Balaban J connectivity index is 1.45. The fourth-order valence-corrected chi connectivity index (χ4v) is 4.17. The Hall–Kier alpha value is -3.83. The quantitative estimate of drug-likeness (QED) is 0.412. The first-order chi connectivity index (χ1) is 17.9. The van der Waals surface area contributed by atoms with Gasteiger partial charge in [-0.3, -0.25) is 14.2 Å². The van der Waals surface area contributed by atoms with Gasteiger partial charge in [-0.1, -0.05) is 30.3 Å². The molecular weight excluding hydrogens is 501 g/mol. The number of rotatable bonds is 10. The van der Waals surface area contributed by atoms with Crippen LogP contribution in [0.5, 0.6) is 0 Å². The number of hydrogen-bond acceptors (Lipinski definition) is 5. The molecule has 0 spiro atoms. The van der Waals surface area contributed by atoms with Gasteiger partial charge in [0.05, 0.1) is 18.3 Å². The lowest BCUT2D eigenvalue weighted by molar-refractivity contribution is -0.141. The van der Waals surface area contributed by atoms with Crippen molar-refractivity contribution in [2.45, 2.75) is 69.9 Å². The van der Waals surface area contributed by atoms with Crippen molar-refractivity contribution in [2.75, 3.05) is 0 Å². The Morgan fingerprint density at radius 2 is 1.87 bits per heavy atom. The van der Waals surface area contributed by atoms with Gasteiger partial charge in [0.1, 0.15) is 12.6 Å². The van der Waals surface area contributed by atoms with Crippen LogP contribution in [0.3, 0.4) is 0 Å². The summed E-state index contributed by atoms with van der Waals surface area (Å²) in [4.78, 5) is 25.9. The highest BCUT2D eigenvalue weighted by Gasteiger charge is 2.39. The number of aryl methyl sites for hydroxylation is 1. The largest absolute Gasteiger partial charge is 0.445 e. The number of ether oxygens (including phenoxy) is 1. The second-order valence-corrected chi connectivity index (χ2v) is 10.2. The fourth-order valence-electron chi connectivity index (χ4n) is 4.17. The maximum atomic E-state index is 13.3. The molecule has 2 N–H and O–H groups in total. The molecular formula is C26H31F3N6O3. The second kappa shape index (κ2) is 10.9. The van der Waals surface area contributed by atoms with Gasteiger partial charge in [0.2, 0.25) is 5.91 Å². The molecule has 0 saturated heterocycles. The van der Waals surface area contributed by atoms with Crippen molar-refractivity contribution in [3.05, 3.63) is 71.3 Å². The molecule has 9 nitrogen and oxygen atoms in total. The summed E-state index contributed by atoms with van der Waals surface area (Å²) >= 11 is 0. The number of carbonyl (C=O) groups excluding carboxylic acids is 2. The summed E-state index contributed by atoms with van der Waals surface area (Å²) < 4.78 is 48.1. The molecule has 4 rings (SSSR count). The summed E-state index contributed by atoms with van der Waals surface area (Å²) in [6.07, 6.45) is -0.256. The summed E-state index contributed by atoms with van der Waals surface area (Å²) in [5.41, 5.74) is 0.0963. The summed E-state index contributed by atoms with van der Waals surface area (Å²) in [5.74, 6) is -0.476. The number of aromatic nitrogens is 4. The summed E-state index contributed by atoms with van der Waals surface area (Å²) in [5, 5.41) is 13.4. The predicted octanol–water partition coefficient (Wildman–Crippen LogP) is 3.95. The normalized spacial score (nSPS) is 14.7. The second-order valence-electron chi connectivity index (χ2n) is 10.2. The average molecular weight is 533 g/mol. The van der Waals surface area contributed by atoms with Gasteiger partial charge in [0, 0.05) is 31.3 Å². The van der Waals surface area contributed by atoms with Gasteiger partial charge < -0.3 is 15.4 Å². The van der Waals surface area contributed by atoms with E-state index in [0.29, 0.717) is 11.3 Å². The van der Waals surface area contributed by atoms with E-state index in [4.69, 9.17) is 4.74 Å². The minimum Gasteiger partial charge on any atom is -0.445 e. The van der Waals surface area contributed by atoms with Crippen molar-refractivity contribution in [3.63, 3.8) is 0 Å². The van der Waals surface area contributed by atoms with Crippen LogP contribution in [0.4, 0.5) is 18.0 Å². The molecule has 1 fully saturated rings. The maximum Gasteiger partial charge on any atom is 0.435 e. The maximum absolute atomic E-state index is 13.3. The minimum atomic E-state index is -4.55. The van der Waals surface area contributed by atoms with Crippen LogP contribution < -0.4 is 10.6 Å². The van der Waals surface area contributed by atoms with Crippen molar-refractivity contribution in [3.8, 4) is 0 Å². The molecule has 1 aromatic carbocycles. The standard InChI is InChI=1S/C26H31F3N6O3/c1-25(2,16-35-21(19-9-10-19)12-22(33-35)26(27,28)29)32-23(36)20(11-18-13-30-34(3)14-18)31-24(37)38-15-17-7-5-4-6-8-17/h4-8,12-14,19-20H,9-11,15-16H2,1-3H3,(H,31,37)(H,32,36)/t20-/m1/s1. The molecule has 1 aliphatic rings. The first-order valence-corrected chi connectivity index (χ1v) is 12.3. The Morgan fingerprint density at radius 3 is 2.47 bits per heavy atom. The van der Waals surface area contributed by atoms with E-state index in [9.17, 15) is 22.8 Å². The van der Waals surface area contributed by atoms with E-state index >= 15 is 0 Å². The molecule has 0 bridgehead atoms. The Morgan fingerprint density at radius 1 is 1.16 bits per heavy atom. The van der Waals surface area contributed by atoms with Crippen LogP contribution in [-0.4, -0.2) is 43.1 Å². The van der Waals surface area contributed by atoms with E-state index in [0.717, 1.165) is 24.5 Å². The first kappa shape index (κ1) is 27.2. The first-order valence-electron chi connectivity index (χ1n) is 12.3. The van der Waals surface area contributed by atoms with Crippen LogP contribution in [-0.2, 0) is 42.3 Å². The summed E-state index contributed by atoms with van der Waals surface area (Å²) in [6, 6.07) is 9.20. The topological polar surface area (TPSA) is 103 Å². The van der Waals surface area contributed by atoms with Crippen LogP contribution in [0.2, 0.25) is 0 Å². The van der Waals surface area contributed by atoms with Crippen LogP contribution in [0.1, 0.15) is 55.1 Å². The number of amides is 2. The summed E-state index contributed by atoms with van der Waals surface area (Å²) in [6.45, 7) is 3.46. The van der Waals surface area contributed by atoms with E-state index in [-0.39, 0.29) is 25.5 Å². The molecule has 3 aromatic rings. The van der Waals surface area contributed by atoms with Crippen LogP contribution in [0.25, 0.3) is 0 Å². The van der Waals surface area contributed by atoms with Gasteiger partial charge >= 0.3 is 12.3 Å². The molecule has 12 heteroatoms. The monoisotopic (exact) mass is 532 g/mol. The molecule has 2 amide bonds. The molecule has 0 aliphatic heterocycles. The highest BCUT2D eigenvalue weighted by molar-refractivity contribution is 5.86. The molecule has 1 atom stereocenters. The third-order valence-corrected chi connectivity index (χ3v) is 6.12. The highest BCUT2D eigenvalue weighted by Crippen LogP contribution is 2.42. The lowest BCUT2D eigenvalue weighted by Gasteiger charge is -2.29. The van der Waals surface area contributed by atoms with E-state index < -0.39 is 35.5 Å². The number of hydrogen-bond donors (Lipinski definition) is 2. The fraction of sp³-hybridized carbons (Fsp3) is 0.462. The lowest BCUT2D eigenvalue weighted by atomic mass is 10.0. The van der Waals surface area contributed by atoms with Crippen molar-refractivity contribution >= 4 is 12.0 Å². The van der Waals surface area contributed by atoms with Crippen molar-refractivity contribution in [1.82, 2.24) is 30.2 Å². The smallest absolute Gasteiger partial charge is 0.435 e. The molecule has 2 aromatic heterocycles. The van der Waals surface area contributed by atoms with E-state index in [1.807, 2.05) is 30.3 Å². The van der Waals surface area contributed by atoms with Crippen LogP contribution >= 0.6 is 0 Å².